The van der Waals surface area contributed by atoms with E-state index in [1.165, 1.54) is 10.9 Å². The molecule has 0 aromatic carbocycles. The van der Waals surface area contributed by atoms with Crippen molar-refractivity contribution in [1.29, 1.82) is 0 Å². The van der Waals surface area contributed by atoms with Crippen LogP contribution in [-0.2, 0) is 16.4 Å². The Labute approximate surface area is 90.6 Å². The molecule has 1 rings (SSSR count). The van der Waals surface area contributed by atoms with Crippen molar-refractivity contribution < 1.29 is 21.6 Å². The van der Waals surface area contributed by atoms with E-state index in [4.69, 9.17) is 0 Å². The van der Waals surface area contributed by atoms with Gasteiger partial charge in [0.05, 0.1) is 0 Å². The number of hydrogen-bond acceptors (Lipinski definition) is 3. The van der Waals surface area contributed by atoms with Crippen LogP contribution in [0.15, 0.2) is 24.4 Å². The normalized spacial score (nSPS) is 12.7. The Morgan fingerprint density at radius 2 is 2.00 bits per heavy atom. The van der Waals surface area contributed by atoms with Crippen LogP contribution in [0.5, 0.6) is 0 Å². The summed E-state index contributed by atoms with van der Waals surface area (Å²) >= 11 is 0. The van der Waals surface area contributed by atoms with Crippen molar-refractivity contribution in [3.63, 3.8) is 0 Å². The smallest absolute Gasteiger partial charge is 0.261 e. The second-order valence-corrected chi connectivity index (χ2v) is 4.67. The first-order valence-corrected chi connectivity index (χ1v) is 5.77. The number of nitrogens with one attached hydrogen (secondary N) is 1. The standard InChI is InChI=1S/C8H9F3N2O2S/c9-8(10,11)16(14,15)13-6-4-7-3-1-2-5-12-7/h1-3,5,13H,4,6H2. The molecule has 0 aliphatic heterocycles. The lowest BCUT2D eigenvalue weighted by molar-refractivity contribution is -0.0447. The van der Waals surface area contributed by atoms with Gasteiger partial charge in [-0.25, -0.2) is 13.1 Å². The Hall–Kier alpha value is -1.15. The van der Waals surface area contributed by atoms with E-state index in [0.29, 0.717) is 5.69 Å². The number of hydrogen-bond donors (Lipinski definition) is 1. The average Bonchev–Trinajstić information content (AvgIpc) is 2.17. The van der Waals surface area contributed by atoms with Crippen molar-refractivity contribution in [3.8, 4) is 0 Å². The van der Waals surface area contributed by atoms with Crippen LogP contribution >= 0.6 is 0 Å². The van der Waals surface area contributed by atoms with E-state index < -0.39 is 15.5 Å². The molecule has 0 radical (unpaired) electrons. The van der Waals surface area contributed by atoms with E-state index in [9.17, 15) is 21.6 Å². The summed E-state index contributed by atoms with van der Waals surface area (Å²) in [4.78, 5) is 3.84. The van der Waals surface area contributed by atoms with Gasteiger partial charge in [0.15, 0.2) is 0 Å². The number of rotatable bonds is 4. The molecular formula is C8H9F3N2O2S. The molecule has 0 bridgehead atoms. The number of aromatic nitrogens is 1. The molecule has 0 saturated carbocycles. The molecule has 0 atom stereocenters. The van der Waals surface area contributed by atoms with Crippen molar-refractivity contribution in [1.82, 2.24) is 9.71 Å². The van der Waals surface area contributed by atoms with Gasteiger partial charge in [-0.2, -0.15) is 13.2 Å². The molecule has 1 aromatic rings. The van der Waals surface area contributed by atoms with E-state index in [1.54, 1.807) is 18.2 Å². The van der Waals surface area contributed by atoms with Crippen LogP contribution in [0, 0.1) is 0 Å². The Morgan fingerprint density at radius 3 is 2.50 bits per heavy atom. The average molecular weight is 254 g/mol. The monoisotopic (exact) mass is 254 g/mol. The molecule has 1 N–H and O–H groups in total. The van der Waals surface area contributed by atoms with Gasteiger partial charge in [-0.3, -0.25) is 4.98 Å². The number of pyridine rings is 1. The molecule has 4 nitrogen and oxygen atoms in total. The summed E-state index contributed by atoms with van der Waals surface area (Å²) in [5, 5.41) is 0. The van der Waals surface area contributed by atoms with Gasteiger partial charge in [-0.05, 0) is 12.1 Å². The van der Waals surface area contributed by atoms with E-state index in [-0.39, 0.29) is 13.0 Å². The second-order valence-electron chi connectivity index (χ2n) is 2.91. The Balaban J connectivity index is 2.49. The van der Waals surface area contributed by atoms with Gasteiger partial charge < -0.3 is 0 Å². The fourth-order valence-electron chi connectivity index (χ4n) is 0.941. The molecule has 8 heteroatoms. The van der Waals surface area contributed by atoms with Gasteiger partial charge in [-0.15, -0.1) is 0 Å². The highest BCUT2D eigenvalue weighted by molar-refractivity contribution is 7.90. The number of sulfonamides is 1. The summed E-state index contributed by atoms with van der Waals surface area (Å²) in [6.07, 6.45) is 1.59. The summed E-state index contributed by atoms with van der Waals surface area (Å²) in [6, 6.07) is 4.92. The molecule has 0 spiro atoms. The predicted octanol–water partition coefficient (Wildman–Crippen LogP) is 1.06. The highest BCUT2D eigenvalue weighted by atomic mass is 32.2. The van der Waals surface area contributed by atoms with E-state index in [0.717, 1.165) is 0 Å². The van der Waals surface area contributed by atoms with Gasteiger partial charge in [0.1, 0.15) is 0 Å². The Bertz CT molecular complexity index is 430. The summed E-state index contributed by atoms with van der Waals surface area (Å²) in [5.74, 6) is 0. The van der Waals surface area contributed by atoms with E-state index in [1.807, 2.05) is 0 Å². The molecule has 1 aromatic heterocycles. The van der Waals surface area contributed by atoms with E-state index >= 15 is 0 Å². The van der Waals surface area contributed by atoms with Crippen molar-refractivity contribution in [2.75, 3.05) is 6.54 Å². The minimum Gasteiger partial charge on any atom is -0.261 e. The first-order valence-electron chi connectivity index (χ1n) is 4.29. The van der Waals surface area contributed by atoms with Crippen molar-refractivity contribution in [3.05, 3.63) is 30.1 Å². The van der Waals surface area contributed by atoms with Gasteiger partial charge in [-0.1, -0.05) is 6.07 Å². The lowest BCUT2D eigenvalue weighted by Crippen LogP contribution is -2.37. The maximum absolute atomic E-state index is 11.9. The number of alkyl halides is 3. The van der Waals surface area contributed by atoms with Gasteiger partial charge in [0.25, 0.3) is 0 Å². The third kappa shape index (κ3) is 3.46. The Morgan fingerprint density at radius 1 is 1.31 bits per heavy atom. The highest BCUT2D eigenvalue weighted by Crippen LogP contribution is 2.21. The zero-order valence-electron chi connectivity index (χ0n) is 8.03. The minimum absolute atomic E-state index is 0.107. The fraction of sp³-hybridized carbons (Fsp3) is 0.375. The molecule has 0 aliphatic carbocycles. The van der Waals surface area contributed by atoms with Crippen LogP contribution in [0.2, 0.25) is 0 Å². The van der Waals surface area contributed by atoms with Crippen LogP contribution in [0.4, 0.5) is 13.2 Å². The van der Waals surface area contributed by atoms with Gasteiger partial charge >= 0.3 is 15.5 Å². The molecule has 90 valence electrons. The van der Waals surface area contributed by atoms with Crippen molar-refractivity contribution >= 4 is 10.0 Å². The quantitative estimate of drug-likeness (QED) is 0.874. The van der Waals surface area contributed by atoms with Crippen molar-refractivity contribution in [2.45, 2.75) is 11.9 Å². The molecule has 0 saturated heterocycles. The van der Waals surface area contributed by atoms with Crippen LogP contribution < -0.4 is 4.72 Å². The van der Waals surface area contributed by atoms with Crippen LogP contribution in [-0.4, -0.2) is 25.5 Å². The molecule has 0 aliphatic rings. The minimum atomic E-state index is -5.27. The fourth-order valence-corrected chi connectivity index (χ4v) is 1.48. The summed E-state index contributed by atoms with van der Waals surface area (Å²) in [7, 11) is -5.25. The highest BCUT2D eigenvalue weighted by Gasteiger charge is 2.45. The van der Waals surface area contributed by atoms with E-state index in [2.05, 4.69) is 4.98 Å². The molecule has 16 heavy (non-hydrogen) atoms. The number of nitrogens with zero attached hydrogens (tertiary/aromatic N) is 1. The van der Waals surface area contributed by atoms with Gasteiger partial charge in [0, 0.05) is 24.9 Å². The summed E-state index contributed by atoms with van der Waals surface area (Å²) in [5.41, 5.74) is -4.75. The summed E-state index contributed by atoms with van der Waals surface area (Å²) in [6.45, 7) is -0.334. The summed E-state index contributed by atoms with van der Waals surface area (Å²) < 4.78 is 58.3. The second kappa shape index (κ2) is 4.79. The largest absolute Gasteiger partial charge is 0.511 e. The van der Waals surface area contributed by atoms with Gasteiger partial charge in [0.2, 0.25) is 0 Å². The first-order chi connectivity index (χ1) is 7.33. The SMILES string of the molecule is O=S(=O)(NCCc1ccccn1)C(F)(F)F. The first kappa shape index (κ1) is 12.9. The third-order valence-corrected chi connectivity index (χ3v) is 2.90. The predicted molar refractivity (Wildman–Crippen MR) is 50.9 cm³/mol. The lowest BCUT2D eigenvalue weighted by atomic mass is 10.3. The molecular weight excluding hydrogens is 245 g/mol. The zero-order valence-corrected chi connectivity index (χ0v) is 8.85. The molecule has 1 heterocycles. The topological polar surface area (TPSA) is 59.1 Å². The molecule has 0 unspecified atom stereocenters. The van der Waals surface area contributed by atoms with Crippen LogP contribution in [0.3, 0.4) is 0 Å². The van der Waals surface area contributed by atoms with Crippen LogP contribution in [0.1, 0.15) is 5.69 Å². The third-order valence-electron chi connectivity index (χ3n) is 1.70. The van der Waals surface area contributed by atoms with Crippen molar-refractivity contribution in [2.24, 2.45) is 0 Å². The molecule has 0 amide bonds. The number of halogens is 3. The Kier molecular flexibility index (Phi) is 3.87. The maximum atomic E-state index is 11.9. The lowest BCUT2D eigenvalue weighted by Gasteiger charge is -2.08. The zero-order chi connectivity index (χ0) is 12.2. The maximum Gasteiger partial charge on any atom is 0.511 e. The molecule has 0 fully saturated rings. The van der Waals surface area contributed by atoms with Crippen LogP contribution in [0.25, 0.3) is 0 Å².